The Morgan fingerprint density at radius 2 is 1.83 bits per heavy atom. The third-order valence-corrected chi connectivity index (χ3v) is 4.73. The molecule has 9 heteroatoms. The summed E-state index contributed by atoms with van der Waals surface area (Å²) in [6.45, 7) is 0.0719. The second kappa shape index (κ2) is 7.28. The van der Waals surface area contributed by atoms with Crippen molar-refractivity contribution >= 4 is 22.6 Å². The van der Waals surface area contributed by atoms with E-state index in [1.54, 1.807) is 22.6 Å². The van der Waals surface area contributed by atoms with Gasteiger partial charge in [-0.25, -0.2) is 4.68 Å². The molecule has 30 heavy (non-hydrogen) atoms. The third kappa shape index (κ3) is 3.32. The molecule has 0 saturated carbocycles. The fourth-order valence-electron chi connectivity index (χ4n) is 3.38. The lowest BCUT2D eigenvalue weighted by atomic mass is 10.1. The minimum atomic E-state index is -0.218. The first-order valence-electron chi connectivity index (χ1n) is 9.39. The summed E-state index contributed by atoms with van der Waals surface area (Å²) in [4.78, 5) is 13.9. The minimum Gasteiger partial charge on any atom is -0.306 e. The highest BCUT2D eigenvalue weighted by Gasteiger charge is 2.15. The summed E-state index contributed by atoms with van der Waals surface area (Å²) in [5.41, 5.74) is 3.65. The lowest BCUT2D eigenvalue weighted by molar-refractivity contribution is -0.116. The Balaban J connectivity index is 1.46. The highest BCUT2D eigenvalue weighted by atomic mass is 16.2. The highest BCUT2D eigenvalue weighted by Crippen LogP contribution is 2.28. The predicted octanol–water partition coefficient (Wildman–Crippen LogP) is 2.66. The smallest absolute Gasteiger partial charge is 0.247 e. The number of nitrogens with zero attached hydrogens (tertiary/aromatic N) is 7. The summed E-state index contributed by atoms with van der Waals surface area (Å²) in [7, 11) is 1.70. The van der Waals surface area contributed by atoms with Crippen LogP contribution in [0.5, 0.6) is 0 Å². The molecule has 0 aliphatic heterocycles. The van der Waals surface area contributed by atoms with E-state index in [0.717, 1.165) is 27.8 Å². The van der Waals surface area contributed by atoms with Crippen LogP contribution < -0.4 is 5.32 Å². The number of rotatable bonds is 5. The summed E-state index contributed by atoms with van der Waals surface area (Å²) in [6, 6.07) is 17.8. The first kappa shape index (κ1) is 17.8. The number of nitrogens with one attached hydrogen (secondary N) is 1. The Hall–Kier alpha value is -4.27. The second-order valence-corrected chi connectivity index (χ2v) is 6.79. The van der Waals surface area contributed by atoms with Crippen molar-refractivity contribution in [2.45, 2.75) is 6.54 Å². The molecule has 3 heterocycles. The van der Waals surface area contributed by atoms with E-state index in [1.165, 1.54) is 11.0 Å². The van der Waals surface area contributed by atoms with E-state index in [0.29, 0.717) is 5.82 Å². The van der Waals surface area contributed by atoms with Crippen LogP contribution >= 0.6 is 0 Å². The maximum Gasteiger partial charge on any atom is 0.247 e. The van der Waals surface area contributed by atoms with Crippen LogP contribution in [0.25, 0.3) is 27.8 Å². The Morgan fingerprint density at radius 1 is 1.00 bits per heavy atom. The van der Waals surface area contributed by atoms with Gasteiger partial charge in [0.05, 0.1) is 17.4 Å². The first-order valence-corrected chi connectivity index (χ1v) is 9.39. The molecular weight excluding hydrogens is 380 g/mol. The number of benzene rings is 2. The molecule has 0 bridgehead atoms. The van der Waals surface area contributed by atoms with Crippen molar-refractivity contribution < 1.29 is 4.79 Å². The van der Waals surface area contributed by atoms with Gasteiger partial charge in [0, 0.05) is 30.4 Å². The van der Waals surface area contributed by atoms with Crippen molar-refractivity contribution in [3.05, 3.63) is 73.2 Å². The van der Waals surface area contributed by atoms with Gasteiger partial charge in [0.1, 0.15) is 12.2 Å². The van der Waals surface area contributed by atoms with E-state index >= 15 is 0 Å². The average molecular weight is 398 g/mol. The number of para-hydroxylation sites is 1. The van der Waals surface area contributed by atoms with E-state index < -0.39 is 0 Å². The van der Waals surface area contributed by atoms with Gasteiger partial charge in [-0.05, 0) is 24.3 Å². The molecule has 0 unspecified atom stereocenters. The van der Waals surface area contributed by atoms with Crippen LogP contribution in [0.3, 0.4) is 0 Å². The molecule has 0 aliphatic carbocycles. The summed E-state index contributed by atoms with van der Waals surface area (Å²) < 4.78 is 3.51. The lowest BCUT2D eigenvalue weighted by Crippen LogP contribution is -2.19. The zero-order valence-electron chi connectivity index (χ0n) is 16.2. The number of anilines is 1. The molecule has 5 aromatic rings. The highest BCUT2D eigenvalue weighted by molar-refractivity contribution is 5.95. The molecule has 5 rings (SSSR count). The molecule has 148 valence electrons. The molecule has 0 fully saturated rings. The molecule has 1 amide bonds. The average Bonchev–Trinajstić information content (AvgIpc) is 3.50. The fraction of sp³-hybridized carbons (Fsp3) is 0.0952. The van der Waals surface area contributed by atoms with E-state index in [1.807, 2.05) is 60.8 Å². The van der Waals surface area contributed by atoms with E-state index in [2.05, 4.69) is 20.6 Å². The van der Waals surface area contributed by atoms with Gasteiger partial charge >= 0.3 is 0 Å². The summed E-state index contributed by atoms with van der Waals surface area (Å²) >= 11 is 0. The standard InChI is InChI=1S/C21H18N8O/c1-27-23-13-19(25-27)24-20(30)14-29-18-6-3-2-5-17(18)21(26-29)15-7-9-16(10-8-15)28-12-4-11-22-28/h2-13H,14H2,1H3,(H,24,25,30). The zero-order chi connectivity index (χ0) is 20.5. The molecular formula is C21H18N8O. The Kier molecular flexibility index (Phi) is 4.32. The number of carbonyl (C=O) groups is 1. The molecule has 0 spiro atoms. The molecule has 0 aliphatic rings. The molecule has 0 saturated heterocycles. The number of hydrogen-bond acceptors (Lipinski definition) is 5. The maximum atomic E-state index is 12.5. The van der Waals surface area contributed by atoms with Gasteiger partial charge in [-0.15, -0.1) is 5.10 Å². The van der Waals surface area contributed by atoms with E-state index in [-0.39, 0.29) is 12.5 Å². The Morgan fingerprint density at radius 3 is 2.57 bits per heavy atom. The molecule has 0 radical (unpaired) electrons. The number of hydrogen-bond donors (Lipinski definition) is 1. The van der Waals surface area contributed by atoms with Gasteiger partial charge in [0.25, 0.3) is 0 Å². The summed E-state index contributed by atoms with van der Waals surface area (Å²) in [5.74, 6) is 0.192. The van der Waals surface area contributed by atoms with Gasteiger partial charge in [-0.1, -0.05) is 30.3 Å². The zero-order valence-corrected chi connectivity index (χ0v) is 16.2. The number of aryl methyl sites for hydroxylation is 1. The van der Waals surface area contributed by atoms with Crippen LogP contribution in [-0.2, 0) is 18.4 Å². The molecule has 1 N–H and O–H groups in total. The molecule has 0 atom stereocenters. The summed E-state index contributed by atoms with van der Waals surface area (Å²) in [5, 5.41) is 20.7. The largest absolute Gasteiger partial charge is 0.306 e. The van der Waals surface area contributed by atoms with Crippen molar-refractivity contribution in [3.63, 3.8) is 0 Å². The van der Waals surface area contributed by atoms with Gasteiger partial charge in [0.15, 0.2) is 5.82 Å². The minimum absolute atomic E-state index is 0.0719. The van der Waals surface area contributed by atoms with Gasteiger partial charge in [-0.3, -0.25) is 9.48 Å². The lowest BCUT2D eigenvalue weighted by Gasteiger charge is -2.04. The van der Waals surface area contributed by atoms with Crippen LogP contribution in [0.4, 0.5) is 5.82 Å². The van der Waals surface area contributed by atoms with Gasteiger partial charge in [-0.2, -0.15) is 20.1 Å². The van der Waals surface area contributed by atoms with E-state index in [4.69, 9.17) is 5.10 Å². The van der Waals surface area contributed by atoms with Crippen molar-refractivity contribution in [1.82, 2.24) is 34.6 Å². The van der Waals surface area contributed by atoms with Gasteiger partial charge < -0.3 is 5.32 Å². The Labute approximate surface area is 171 Å². The monoisotopic (exact) mass is 398 g/mol. The topological polar surface area (TPSA) is 95.5 Å². The van der Waals surface area contributed by atoms with Crippen molar-refractivity contribution in [3.8, 4) is 16.9 Å². The molecule has 9 nitrogen and oxygen atoms in total. The quantitative estimate of drug-likeness (QED) is 0.491. The number of carbonyl (C=O) groups excluding carboxylic acids is 1. The SMILES string of the molecule is Cn1ncc(NC(=O)Cn2nc(-c3ccc(-n4cccn4)cc3)c3ccccc32)n1. The van der Waals surface area contributed by atoms with Crippen molar-refractivity contribution in [1.29, 1.82) is 0 Å². The normalized spacial score (nSPS) is 11.1. The molecule has 2 aromatic carbocycles. The molecule has 3 aromatic heterocycles. The number of aromatic nitrogens is 7. The second-order valence-electron chi connectivity index (χ2n) is 6.79. The van der Waals surface area contributed by atoms with Crippen LogP contribution in [0.15, 0.2) is 73.2 Å². The predicted molar refractivity (Wildman–Crippen MR) is 112 cm³/mol. The fourth-order valence-corrected chi connectivity index (χ4v) is 3.38. The van der Waals surface area contributed by atoms with Crippen LogP contribution in [-0.4, -0.2) is 40.5 Å². The van der Waals surface area contributed by atoms with Crippen LogP contribution in [0.1, 0.15) is 0 Å². The number of amides is 1. The third-order valence-electron chi connectivity index (χ3n) is 4.73. The van der Waals surface area contributed by atoms with Crippen molar-refractivity contribution in [2.24, 2.45) is 7.05 Å². The van der Waals surface area contributed by atoms with E-state index in [9.17, 15) is 4.79 Å². The van der Waals surface area contributed by atoms with Gasteiger partial charge in [0.2, 0.25) is 5.91 Å². The first-order chi connectivity index (χ1) is 14.7. The number of fused-ring (bicyclic) bond motifs is 1. The Bertz CT molecular complexity index is 1320. The van der Waals surface area contributed by atoms with Crippen LogP contribution in [0, 0.1) is 0 Å². The maximum absolute atomic E-state index is 12.5. The van der Waals surface area contributed by atoms with Crippen molar-refractivity contribution in [2.75, 3.05) is 5.32 Å². The van der Waals surface area contributed by atoms with Crippen LogP contribution in [0.2, 0.25) is 0 Å². The summed E-state index contributed by atoms with van der Waals surface area (Å²) in [6.07, 6.45) is 5.15.